The van der Waals surface area contributed by atoms with E-state index in [0.29, 0.717) is 0 Å². The molecular weight excluding hydrogens is 431 g/mol. The van der Waals surface area contributed by atoms with Crippen LogP contribution in [0.25, 0.3) is 0 Å². The highest BCUT2D eigenvalue weighted by Gasteiger charge is 2.68. The zero-order valence-corrected chi connectivity index (χ0v) is 21.5. The van der Waals surface area contributed by atoms with Crippen LogP contribution in [0, 0.1) is 5.41 Å². The molecular formula is C26H37BN2O5. The summed E-state index contributed by atoms with van der Waals surface area (Å²) in [5.41, 5.74) is 0.550. The van der Waals surface area contributed by atoms with Crippen LogP contribution in [-0.4, -0.2) is 54.4 Å². The molecule has 2 aliphatic heterocycles. The van der Waals surface area contributed by atoms with Gasteiger partial charge < -0.3 is 19.4 Å². The fourth-order valence-corrected chi connectivity index (χ4v) is 6.50. The first-order chi connectivity index (χ1) is 15.9. The summed E-state index contributed by atoms with van der Waals surface area (Å²) in [5.74, 6) is -0.131. The highest BCUT2D eigenvalue weighted by Crippen LogP contribution is 2.60. The summed E-state index contributed by atoms with van der Waals surface area (Å²) < 4.78 is 18.3. The van der Waals surface area contributed by atoms with Crippen molar-refractivity contribution < 1.29 is 23.6 Å². The zero-order valence-electron chi connectivity index (χ0n) is 21.5. The summed E-state index contributed by atoms with van der Waals surface area (Å²) in [6.45, 7) is 11.9. The molecule has 1 N–H and O–H groups in total. The topological polar surface area (TPSA) is 77.1 Å². The lowest BCUT2D eigenvalue weighted by Crippen LogP contribution is -2.57. The molecule has 0 aromatic heterocycles. The van der Waals surface area contributed by atoms with E-state index in [1.54, 1.807) is 7.11 Å². The van der Waals surface area contributed by atoms with Crippen molar-refractivity contribution in [2.45, 2.75) is 103 Å². The SMILES string of the molecule is COC1CCC2(CC1)Cc1ccc(B3OC(C)(C)C(C)(C)O3)cc1C21NC(=O)N(C(C)C)C1=O. The Morgan fingerprint density at radius 1 is 1.09 bits per heavy atom. The molecule has 3 fully saturated rings. The van der Waals surface area contributed by atoms with Crippen molar-refractivity contribution in [3.8, 4) is 0 Å². The number of imide groups is 1. The number of benzene rings is 1. The van der Waals surface area contributed by atoms with E-state index in [0.717, 1.165) is 48.7 Å². The minimum Gasteiger partial charge on any atom is -0.399 e. The van der Waals surface area contributed by atoms with Crippen LogP contribution in [-0.2, 0) is 30.8 Å². The third kappa shape index (κ3) is 3.07. The zero-order chi connectivity index (χ0) is 24.7. The predicted molar refractivity (Wildman–Crippen MR) is 130 cm³/mol. The molecule has 1 aromatic carbocycles. The number of ether oxygens (including phenoxy) is 1. The molecule has 34 heavy (non-hydrogen) atoms. The predicted octanol–water partition coefficient (Wildman–Crippen LogP) is 3.27. The quantitative estimate of drug-likeness (QED) is 0.545. The van der Waals surface area contributed by atoms with E-state index in [9.17, 15) is 9.59 Å². The molecule has 8 heteroatoms. The molecule has 0 bridgehead atoms. The van der Waals surface area contributed by atoms with Crippen molar-refractivity contribution >= 4 is 24.5 Å². The smallest absolute Gasteiger partial charge is 0.399 e. The lowest BCUT2D eigenvalue weighted by molar-refractivity contribution is -0.139. The van der Waals surface area contributed by atoms with E-state index in [-0.39, 0.29) is 29.5 Å². The van der Waals surface area contributed by atoms with Gasteiger partial charge >= 0.3 is 13.1 Å². The molecule has 4 aliphatic rings. The second-order valence-corrected chi connectivity index (χ2v) is 11.8. The maximum Gasteiger partial charge on any atom is 0.494 e. The maximum absolute atomic E-state index is 14.2. The van der Waals surface area contributed by atoms with E-state index >= 15 is 0 Å². The van der Waals surface area contributed by atoms with Gasteiger partial charge in [0.25, 0.3) is 5.91 Å². The Morgan fingerprint density at radius 3 is 2.24 bits per heavy atom. The average molecular weight is 468 g/mol. The molecule has 1 saturated carbocycles. The summed E-state index contributed by atoms with van der Waals surface area (Å²) in [7, 11) is 1.23. The molecule has 7 nitrogen and oxygen atoms in total. The number of amides is 3. The van der Waals surface area contributed by atoms with Crippen molar-refractivity contribution in [3.63, 3.8) is 0 Å². The monoisotopic (exact) mass is 468 g/mol. The average Bonchev–Trinajstić information content (AvgIpc) is 3.27. The van der Waals surface area contributed by atoms with Gasteiger partial charge in [0.1, 0.15) is 0 Å². The molecule has 1 unspecified atom stereocenters. The van der Waals surface area contributed by atoms with Gasteiger partial charge in [-0.3, -0.25) is 9.69 Å². The largest absolute Gasteiger partial charge is 0.494 e. The van der Waals surface area contributed by atoms with Crippen LogP contribution < -0.4 is 10.8 Å². The Balaban J connectivity index is 1.61. The minimum atomic E-state index is -1.07. The van der Waals surface area contributed by atoms with Crippen molar-refractivity contribution in [1.29, 1.82) is 0 Å². The van der Waals surface area contributed by atoms with Crippen LogP contribution in [0.4, 0.5) is 4.79 Å². The third-order valence-corrected chi connectivity index (χ3v) is 9.18. The van der Waals surface area contributed by atoms with Crippen LogP contribution in [0.5, 0.6) is 0 Å². The minimum absolute atomic E-state index is 0.131. The summed E-state index contributed by atoms with van der Waals surface area (Å²) in [6.07, 6.45) is 4.36. The standard InChI is InChI=1S/C26H37BN2O5/c1-16(2)29-21(30)26(28-22(29)31)20-14-18(27-33-23(3,4)24(5,6)34-27)9-8-17(20)15-25(26)12-10-19(32-7)11-13-25/h8-9,14,16,19H,10-13,15H2,1-7H3,(H,28,31). The van der Waals surface area contributed by atoms with Crippen LogP contribution in [0.1, 0.15) is 78.4 Å². The van der Waals surface area contributed by atoms with Gasteiger partial charge in [0.2, 0.25) is 0 Å². The van der Waals surface area contributed by atoms with Crippen LogP contribution in [0.15, 0.2) is 18.2 Å². The van der Waals surface area contributed by atoms with Crippen molar-refractivity contribution in [2.75, 3.05) is 7.11 Å². The Labute approximate surface area is 203 Å². The number of carbonyl (C=O) groups excluding carboxylic acids is 2. The number of rotatable bonds is 3. The first-order valence-electron chi connectivity index (χ1n) is 12.5. The molecule has 1 aromatic rings. The molecule has 5 rings (SSSR count). The number of methoxy groups -OCH3 is 1. The van der Waals surface area contributed by atoms with Gasteiger partial charge in [-0.2, -0.15) is 0 Å². The highest BCUT2D eigenvalue weighted by atomic mass is 16.7. The fraction of sp³-hybridized carbons (Fsp3) is 0.692. The van der Waals surface area contributed by atoms with Gasteiger partial charge in [-0.1, -0.05) is 18.2 Å². The number of fused-ring (bicyclic) bond motifs is 3. The molecule has 3 amide bonds. The van der Waals surface area contributed by atoms with Gasteiger partial charge in [-0.15, -0.1) is 0 Å². The number of nitrogens with one attached hydrogen (secondary N) is 1. The number of nitrogens with zero attached hydrogens (tertiary/aromatic N) is 1. The van der Waals surface area contributed by atoms with Crippen LogP contribution in [0.3, 0.4) is 0 Å². The van der Waals surface area contributed by atoms with Crippen LogP contribution >= 0.6 is 0 Å². The summed E-state index contributed by atoms with van der Waals surface area (Å²) in [6, 6.07) is 5.69. The number of hydrogen-bond donors (Lipinski definition) is 1. The number of hydrogen-bond acceptors (Lipinski definition) is 5. The molecule has 0 radical (unpaired) electrons. The first-order valence-corrected chi connectivity index (χ1v) is 12.5. The molecule has 2 aliphatic carbocycles. The third-order valence-electron chi connectivity index (χ3n) is 9.18. The van der Waals surface area contributed by atoms with Gasteiger partial charge in [0.05, 0.1) is 17.3 Å². The second-order valence-electron chi connectivity index (χ2n) is 11.8. The Hall–Kier alpha value is -1.90. The number of carbonyl (C=O) groups is 2. The van der Waals surface area contributed by atoms with Gasteiger partial charge in [-0.25, -0.2) is 4.79 Å². The summed E-state index contributed by atoms with van der Waals surface area (Å²) in [5, 5.41) is 3.23. The molecule has 184 valence electrons. The van der Waals surface area contributed by atoms with Crippen molar-refractivity contribution in [2.24, 2.45) is 5.41 Å². The molecule has 2 saturated heterocycles. The maximum atomic E-state index is 14.2. The summed E-state index contributed by atoms with van der Waals surface area (Å²) >= 11 is 0. The van der Waals surface area contributed by atoms with Gasteiger partial charge in [0.15, 0.2) is 5.54 Å². The van der Waals surface area contributed by atoms with E-state index in [1.807, 2.05) is 41.5 Å². The second kappa shape index (κ2) is 7.55. The normalized spacial score (nSPS) is 33.9. The Bertz CT molecular complexity index is 1010. The van der Waals surface area contributed by atoms with E-state index in [1.165, 1.54) is 4.90 Å². The molecule has 2 spiro atoms. The van der Waals surface area contributed by atoms with Crippen LogP contribution in [0.2, 0.25) is 0 Å². The van der Waals surface area contributed by atoms with E-state index in [2.05, 4.69) is 23.5 Å². The molecule has 1 atom stereocenters. The van der Waals surface area contributed by atoms with Crippen molar-refractivity contribution in [3.05, 3.63) is 29.3 Å². The first kappa shape index (κ1) is 23.8. The van der Waals surface area contributed by atoms with Crippen molar-refractivity contribution in [1.82, 2.24) is 10.2 Å². The van der Waals surface area contributed by atoms with E-state index < -0.39 is 23.9 Å². The fourth-order valence-electron chi connectivity index (χ4n) is 6.50. The highest BCUT2D eigenvalue weighted by molar-refractivity contribution is 6.62. The van der Waals surface area contributed by atoms with E-state index in [4.69, 9.17) is 14.0 Å². The van der Waals surface area contributed by atoms with Gasteiger partial charge in [-0.05, 0) is 90.2 Å². The number of urea groups is 1. The Morgan fingerprint density at radius 2 is 1.71 bits per heavy atom. The lowest BCUT2D eigenvalue weighted by Gasteiger charge is -2.46. The Kier molecular flexibility index (Phi) is 5.29. The lowest BCUT2D eigenvalue weighted by atomic mass is 9.61. The van der Waals surface area contributed by atoms with Gasteiger partial charge in [0, 0.05) is 18.6 Å². The summed E-state index contributed by atoms with van der Waals surface area (Å²) in [4.78, 5) is 28.7. The molecule has 2 heterocycles.